The van der Waals surface area contributed by atoms with Gasteiger partial charge in [0.1, 0.15) is 0 Å². The summed E-state index contributed by atoms with van der Waals surface area (Å²) in [4.78, 5) is 30.4. The largest absolute Gasteiger partial charge is 0.349 e. The van der Waals surface area contributed by atoms with E-state index >= 15 is 0 Å². The first-order valence-corrected chi connectivity index (χ1v) is 12.3. The second kappa shape index (κ2) is 7.58. The second-order valence-electron chi connectivity index (χ2n) is 10.8. The van der Waals surface area contributed by atoms with Crippen LogP contribution in [0.15, 0.2) is 24.3 Å². The van der Waals surface area contributed by atoms with Crippen LogP contribution in [0.5, 0.6) is 0 Å². The van der Waals surface area contributed by atoms with E-state index in [1.54, 1.807) is 0 Å². The number of carbonyl (C=O) groups is 2. The fraction of sp³-hybridized carbons (Fsp3) is 0.640. The van der Waals surface area contributed by atoms with E-state index in [4.69, 9.17) is 0 Å². The van der Waals surface area contributed by atoms with Crippen molar-refractivity contribution >= 4 is 22.7 Å². The lowest BCUT2D eigenvalue weighted by Crippen LogP contribution is -2.63. The van der Waals surface area contributed by atoms with E-state index in [9.17, 15) is 9.59 Å². The number of hydrogen-bond donors (Lipinski definition) is 2. The molecule has 4 saturated carbocycles. The van der Waals surface area contributed by atoms with Gasteiger partial charge in [-0.15, -0.1) is 0 Å². The van der Waals surface area contributed by atoms with Crippen molar-refractivity contribution in [2.45, 2.75) is 57.0 Å². The molecule has 1 unspecified atom stereocenters. The number of para-hydroxylation sites is 1. The summed E-state index contributed by atoms with van der Waals surface area (Å²) in [5.41, 5.74) is 1.42. The predicted octanol–water partition coefficient (Wildman–Crippen LogP) is 2.79. The van der Waals surface area contributed by atoms with E-state index in [1.165, 1.54) is 38.5 Å². The molecule has 1 atom stereocenters. The number of hydrogen-bond acceptors (Lipinski definition) is 4. The van der Waals surface area contributed by atoms with Crippen LogP contribution < -0.4 is 5.32 Å². The minimum atomic E-state index is -0.161. The molecule has 2 heterocycles. The summed E-state index contributed by atoms with van der Waals surface area (Å²) in [6.07, 6.45) is 7.68. The normalized spacial score (nSPS) is 32.9. The number of carbonyl (C=O) groups excluding carboxylic acids is 2. The highest BCUT2D eigenvalue weighted by Crippen LogP contribution is 2.55. The van der Waals surface area contributed by atoms with E-state index in [-0.39, 0.29) is 23.4 Å². The van der Waals surface area contributed by atoms with Crippen molar-refractivity contribution in [1.29, 1.82) is 0 Å². The quantitative estimate of drug-likeness (QED) is 0.774. The van der Waals surface area contributed by atoms with E-state index in [1.807, 2.05) is 36.1 Å². The molecule has 170 valence electrons. The SMILES string of the molecule is CC(C(=O)NC12CC3CC(CC(C3)C1)C2)N1CCN(C(=O)c2n[nH]c3ccccc23)CC1. The molecule has 1 saturated heterocycles. The van der Waals surface area contributed by atoms with E-state index in [2.05, 4.69) is 20.4 Å². The molecule has 1 aromatic carbocycles. The van der Waals surface area contributed by atoms with Crippen LogP contribution in [-0.2, 0) is 4.79 Å². The zero-order valence-electron chi connectivity index (χ0n) is 18.8. The summed E-state index contributed by atoms with van der Waals surface area (Å²) in [5.74, 6) is 2.61. The lowest BCUT2D eigenvalue weighted by atomic mass is 9.53. The van der Waals surface area contributed by atoms with Gasteiger partial charge >= 0.3 is 0 Å². The van der Waals surface area contributed by atoms with Crippen molar-refractivity contribution in [3.63, 3.8) is 0 Å². The lowest BCUT2D eigenvalue weighted by molar-refractivity contribution is -0.132. The number of fused-ring (bicyclic) bond motifs is 1. The molecule has 1 aliphatic heterocycles. The number of nitrogens with one attached hydrogen (secondary N) is 2. The maximum Gasteiger partial charge on any atom is 0.275 e. The fourth-order valence-corrected chi connectivity index (χ4v) is 7.38. The molecular formula is C25H33N5O2. The molecule has 2 aromatic rings. The van der Waals surface area contributed by atoms with Gasteiger partial charge in [0.2, 0.25) is 5.91 Å². The van der Waals surface area contributed by atoms with Gasteiger partial charge in [0.25, 0.3) is 5.91 Å². The number of H-pyrrole nitrogens is 1. The molecule has 0 radical (unpaired) electrons. The molecule has 2 amide bonds. The number of aromatic amines is 1. The van der Waals surface area contributed by atoms with Crippen LogP contribution in [0, 0.1) is 17.8 Å². The van der Waals surface area contributed by atoms with Gasteiger partial charge in [-0.05, 0) is 69.3 Å². The molecule has 0 spiro atoms. The van der Waals surface area contributed by atoms with Gasteiger partial charge in [-0.2, -0.15) is 5.10 Å². The smallest absolute Gasteiger partial charge is 0.275 e. The third kappa shape index (κ3) is 3.41. The Kier molecular flexibility index (Phi) is 4.79. The third-order valence-corrected chi connectivity index (χ3v) is 8.63. The number of piperazine rings is 1. The van der Waals surface area contributed by atoms with Gasteiger partial charge in [0, 0.05) is 37.1 Å². The molecule has 5 aliphatic rings. The zero-order valence-corrected chi connectivity index (χ0v) is 18.8. The summed E-state index contributed by atoms with van der Waals surface area (Å²) < 4.78 is 0. The topological polar surface area (TPSA) is 81.3 Å². The van der Waals surface area contributed by atoms with Crippen LogP contribution in [0.2, 0.25) is 0 Å². The van der Waals surface area contributed by atoms with Crippen LogP contribution in [0.4, 0.5) is 0 Å². The third-order valence-electron chi connectivity index (χ3n) is 8.63. The molecule has 2 N–H and O–H groups in total. The highest BCUT2D eigenvalue weighted by molar-refractivity contribution is 6.04. The summed E-state index contributed by atoms with van der Waals surface area (Å²) in [6, 6.07) is 7.56. The first kappa shape index (κ1) is 20.2. The Bertz CT molecular complexity index is 1000. The molecule has 5 fully saturated rings. The second-order valence-corrected chi connectivity index (χ2v) is 10.8. The minimum Gasteiger partial charge on any atom is -0.349 e. The van der Waals surface area contributed by atoms with Gasteiger partial charge in [-0.25, -0.2) is 0 Å². The fourth-order valence-electron chi connectivity index (χ4n) is 7.38. The lowest BCUT2D eigenvalue weighted by Gasteiger charge is -2.57. The first-order chi connectivity index (χ1) is 15.5. The van der Waals surface area contributed by atoms with E-state index in [0.29, 0.717) is 31.9 Å². The Balaban J connectivity index is 1.07. The van der Waals surface area contributed by atoms with E-state index < -0.39 is 0 Å². The van der Waals surface area contributed by atoms with E-state index in [0.717, 1.165) is 28.7 Å². The Morgan fingerprint density at radius 1 is 1.03 bits per heavy atom. The van der Waals surface area contributed by atoms with Crippen LogP contribution in [-0.4, -0.2) is 69.6 Å². The average molecular weight is 436 g/mol. The number of rotatable bonds is 4. The summed E-state index contributed by atoms with van der Waals surface area (Å²) in [7, 11) is 0. The van der Waals surface area contributed by atoms with Crippen molar-refractivity contribution in [1.82, 2.24) is 25.3 Å². The first-order valence-electron chi connectivity index (χ1n) is 12.3. The van der Waals surface area contributed by atoms with Crippen LogP contribution in [0.3, 0.4) is 0 Å². The molecule has 1 aromatic heterocycles. The van der Waals surface area contributed by atoms with Crippen molar-refractivity contribution in [2.24, 2.45) is 17.8 Å². The van der Waals surface area contributed by atoms with Gasteiger partial charge < -0.3 is 10.2 Å². The summed E-state index contributed by atoms with van der Waals surface area (Å²) in [5, 5.41) is 11.6. The molecular weight excluding hydrogens is 402 g/mol. The molecule has 4 bridgehead atoms. The molecule has 32 heavy (non-hydrogen) atoms. The maximum absolute atomic E-state index is 13.2. The molecule has 7 heteroatoms. The maximum atomic E-state index is 13.2. The molecule has 7 nitrogen and oxygen atoms in total. The van der Waals surface area contributed by atoms with Crippen molar-refractivity contribution in [3.05, 3.63) is 30.0 Å². The summed E-state index contributed by atoms with van der Waals surface area (Å²) in [6.45, 7) is 4.69. The average Bonchev–Trinajstić information content (AvgIpc) is 3.21. The van der Waals surface area contributed by atoms with Crippen LogP contribution >= 0.6 is 0 Å². The molecule has 7 rings (SSSR count). The Morgan fingerprint density at radius 2 is 1.66 bits per heavy atom. The number of nitrogens with zero attached hydrogens (tertiary/aromatic N) is 3. The Morgan fingerprint density at radius 3 is 2.31 bits per heavy atom. The van der Waals surface area contributed by atoms with Crippen LogP contribution in [0.25, 0.3) is 10.9 Å². The van der Waals surface area contributed by atoms with Crippen molar-refractivity contribution in [2.75, 3.05) is 26.2 Å². The van der Waals surface area contributed by atoms with Gasteiger partial charge in [-0.1, -0.05) is 18.2 Å². The highest BCUT2D eigenvalue weighted by Gasteiger charge is 2.51. The minimum absolute atomic E-state index is 0.0345. The number of aromatic nitrogens is 2. The van der Waals surface area contributed by atoms with Gasteiger partial charge in [0.05, 0.1) is 11.6 Å². The van der Waals surface area contributed by atoms with Crippen molar-refractivity contribution in [3.8, 4) is 0 Å². The Labute approximate surface area is 188 Å². The zero-order chi connectivity index (χ0) is 21.9. The number of benzene rings is 1. The summed E-state index contributed by atoms with van der Waals surface area (Å²) >= 11 is 0. The monoisotopic (exact) mass is 435 g/mol. The highest BCUT2D eigenvalue weighted by atomic mass is 16.2. The van der Waals surface area contributed by atoms with Crippen LogP contribution in [0.1, 0.15) is 55.9 Å². The van der Waals surface area contributed by atoms with Crippen molar-refractivity contribution < 1.29 is 9.59 Å². The van der Waals surface area contributed by atoms with Gasteiger partial charge in [-0.3, -0.25) is 19.6 Å². The Hall–Kier alpha value is -2.41. The predicted molar refractivity (Wildman–Crippen MR) is 122 cm³/mol. The van der Waals surface area contributed by atoms with Gasteiger partial charge in [0.15, 0.2) is 5.69 Å². The number of amides is 2. The molecule has 4 aliphatic carbocycles. The standard InChI is InChI=1S/C25H33N5O2/c1-16(23(31)26-25-13-17-10-18(14-25)12-19(11-17)15-25)29-6-8-30(9-7-29)24(32)22-20-4-2-3-5-21(20)27-28-22/h2-5,16-19H,6-15H2,1H3,(H,26,31)(H,27,28).